The van der Waals surface area contributed by atoms with E-state index >= 15 is 0 Å². The SMILES string of the molecule is O=C(O)CCC(=O)Cn1c(C(F)(F)F)cc2ccc(Br)cc21. The van der Waals surface area contributed by atoms with Crippen LogP contribution in [0.4, 0.5) is 13.2 Å². The summed E-state index contributed by atoms with van der Waals surface area (Å²) in [5, 5.41) is 8.90. The molecule has 0 fully saturated rings. The second-order valence-corrected chi connectivity index (χ2v) is 5.66. The number of aliphatic carboxylic acids is 1. The summed E-state index contributed by atoms with van der Waals surface area (Å²) >= 11 is 3.19. The molecule has 0 aliphatic carbocycles. The number of hydrogen-bond donors (Lipinski definition) is 1. The first-order valence-corrected chi connectivity index (χ1v) is 7.07. The molecular weight excluding hydrogens is 367 g/mol. The summed E-state index contributed by atoms with van der Waals surface area (Å²) in [7, 11) is 0. The minimum atomic E-state index is -4.60. The Morgan fingerprint density at radius 1 is 1.18 bits per heavy atom. The van der Waals surface area contributed by atoms with Crippen molar-refractivity contribution in [3.63, 3.8) is 0 Å². The smallest absolute Gasteiger partial charge is 0.431 e. The highest BCUT2D eigenvalue weighted by Crippen LogP contribution is 2.35. The van der Waals surface area contributed by atoms with Crippen molar-refractivity contribution in [2.24, 2.45) is 0 Å². The number of hydrogen-bond acceptors (Lipinski definition) is 2. The number of carbonyl (C=O) groups is 2. The maximum absolute atomic E-state index is 13.1. The fourth-order valence-electron chi connectivity index (χ4n) is 2.13. The topological polar surface area (TPSA) is 59.3 Å². The summed E-state index contributed by atoms with van der Waals surface area (Å²) in [5.74, 6) is -1.73. The molecular formula is C14H11BrF3NO3. The van der Waals surface area contributed by atoms with Gasteiger partial charge in [-0.25, -0.2) is 0 Å². The second kappa shape index (κ2) is 6.12. The van der Waals surface area contributed by atoms with E-state index in [1.54, 1.807) is 6.07 Å². The standard InChI is InChI=1S/C14H11BrF3NO3/c15-9-2-1-8-5-12(14(16,17)18)19(11(8)6-9)7-10(20)3-4-13(21)22/h1-2,5-6H,3-4,7H2,(H,21,22). The zero-order valence-electron chi connectivity index (χ0n) is 11.2. The number of aromatic nitrogens is 1. The number of halogens is 4. The second-order valence-electron chi connectivity index (χ2n) is 4.75. The molecule has 0 radical (unpaired) electrons. The van der Waals surface area contributed by atoms with Crippen molar-refractivity contribution >= 4 is 38.6 Å². The van der Waals surface area contributed by atoms with Crippen LogP contribution in [0.5, 0.6) is 0 Å². The molecule has 0 saturated carbocycles. The molecule has 22 heavy (non-hydrogen) atoms. The van der Waals surface area contributed by atoms with Crippen molar-refractivity contribution in [3.8, 4) is 0 Å². The van der Waals surface area contributed by atoms with Crippen LogP contribution in [-0.2, 0) is 22.3 Å². The lowest BCUT2D eigenvalue weighted by atomic mass is 10.2. The van der Waals surface area contributed by atoms with Crippen LogP contribution in [0.15, 0.2) is 28.7 Å². The van der Waals surface area contributed by atoms with Crippen LogP contribution in [0.3, 0.4) is 0 Å². The Morgan fingerprint density at radius 3 is 2.45 bits per heavy atom. The van der Waals surface area contributed by atoms with Gasteiger partial charge in [-0.3, -0.25) is 9.59 Å². The van der Waals surface area contributed by atoms with Crippen LogP contribution in [0, 0.1) is 0 Å². The average Bonchev–Trinajstić information content (AvgIpc) is 2.75. The molecule has 0 aliphatic rings. The van der Waals surface area contributed by atoms with Crippen molar-refractivity contribution in [2.75, 3.05) is 0 Å². The summed E-state index contributed by atoms with van der Waals surface area (Å²) in [6, 6.07) is 5.60. The van der Waals surface area contributed by atoms with Gasteiger partial charge in [-0.2, -0.15) is 13.2 Å². The van der Waals surface area contributed by atoms with E-state index in [4.69, 9.17) is 5.11 Å². The normalized spacial score (nSPS) is 11.8. The lowest BCUT2D eigenvalue weighted by Gasteiger charge is -2.12. The summed E-state index contributed by atoms with van der Waals surface area (Å²) in [6.45, 7) is -0.512. The first-order valence-electron chi connectivity index (χ1n) is 6.28. The van der Waals surface area contributed by atoms with Crippen LogP contribution >= 0.6 is 15.9 Å². The Bertz CT molecular complexity index is 737. The van der Waals surface area contributed by atoms with Gasteiger partial charge in [0.25, 0.3) is 0 Å². The lowest BCUT2D eigenvalue weighted by Crippen LogP contribution is -2.18. The minimum absolute atomic E-state index is 0.269. The predicted octanol–water partition coefficient (Wildman–Crippen LogP) is 3.86. The number of alkyl halides is 3. The number of benzene rings is 1. The summed E-state index contributed by atoms with van der Waals surface area (Å²) in [6.07, 6.45) is -5.30. The highest BCUT2D eigenvalue weighted by atomic mass is 79.9. The van der Waals surface area contributed by atoms with Gasteiger partial charge in [0, 0.05) is 16.3 Å². The number of carbonyl (C=O) groups excluding carboxylic acids is 1. The van der Waals surface area contributed by atoms with Gasteiger partial charge in [0.05, 0.1) is 18.5 Å². The van der Waals surface area contributed by atoms with E-state index in [1.165, 1.54) is 12.1 Å². The minimum Gasteiger partial charge on any atom is -0.481 e. The predicted molar refractivity (Wildman–Crippen MR) is 76.5 cm³/mol. The van der Waals surface area contributed by atoms with E-state index < -0.39 is 36.6 Å². The van der Waals surface area contributed by atoms with Gasteiger partial charge in [0.2, 0.25) is 0 Å². The van der Waals surface area contributed by atoms with Gasteiger partial charge in [0.1, 0.15) is 5.69 Å². The Hall–Kier alpha value is -1.83. The molecule has 4 nitrogen and oxygen atoms in total. The maximum Gasteiger partial charge on any atom is 0.431 e. The molecule has 1 N–H and O–H groups in total. The molecule has 1 aromatic carbocycles. The lowest BCUT2D eigenvalue weighted by molar-refractivity contribution is -0.144. The Labute approximate surface area is 131 Å². The van der Waals surface area contributed by atoms with Crippen LogP contribution in [0.1, 0.15) is 18.5 Å². The summed E-state index contributed by atoms with van der Waals surface area (Å²) < 4.78 is 40.8. The van der Waals surface area contributed by atoms with Gasteiger partial charge in [0.15, 0.2) is 5.78 Å². The Balaban J connectivity index is 2.43. The number of Topliss-reactive ketones (excluding diaryl/α,β-unsaturated/α-hetero) is 1. The third-order valence-electron chi connectivity index (χ3n) is 3.11. The van der Waals surface area contributed by atoms with E-state index in [2.05, 4.69) is 15.9 Å². The third kappa shape index (κ3) is 3.68. The quantitative estimate of drug-likeness (QED) is 0.860. The van der Waals surface area contributed by atoms with E-state index in [0.717, 1.165) is 10.6 Å². The fourth-order valence-corrected chi connectivity index (χ4v) is 2.48. The molecule has 0 bridgehead atoms. The van der Waals surface area contributed by atoms with Gasteiger partial charge in [-0.15, -0.1) is 0 Å². The zero-order chi connectivity index (χ0) is 16.5. The van der Waals surface area contributed by atoms with Crippen LogP contribution in [-0.4, -0.2) is 21.4 Å². The van der Waals surface area contributed by atoms with Gasteiger partial charge in [-0.05, 0) is 18.2 Å². The highest BCUT2D eigenvalue weighted by Gasteiger charge is 2.35. The van der Waals surface area contributed by atoms with Crippen molar-refractivity contribution in [2.45, 2.75) is 25.6 Å². The van der Waals surface area contributed by atoms with Crippen LogP contribution in [0.25, 0.3) is 10.9 Å². The summed E-state index contributed by atoms with van der Waals surface area (Å²) in [5.41, 5.74) is -0.658. The average molecular weight is 378 g/mol. The molecule has 0 aliphatic heterocycles. The van der Waals surface area contributed by atoms with Crippen molar-refractivity contribution < 1.29 is 27.9 Å². The Morgan fingerprint density at radius 2 is 1.86 bits per heavy atom. The number of rotatable bonds is 5. The zero-order valence-corrected chi connectivity index (χ0v) is 12.7. The first-order chi connectivity index (χ1) is 10.2. The number of ketones is 1. The summed E-state index contributed by atoms with van der Waals surface area (Å²) in [4.78, 5) is 22.2. The first kappa shape index (κ1) is 16.5. The van der Waals surface area contributed by atoms with Gasteiger partial charge in [-0.1, -0.05) is 22.0 Å². The van der Waals surface area contributed by atoms with E-state index in [1.807, 2.05) is 0 Å². The molecule has 1 aromatic heterocycles. The van der Waals surface area contributed by atoms with E-state index in [9.17, 15) is 22.8 Å². The molecule has 0 amide bonds. The van der Waals surface area contributed by atoms with Gasteiger partial charge >= 0.3 is 12.1 Å². The number of carboxylic acids is 1. The largest absolute Gasteiger partial charge is 0.481 e. The third-order valence-corrected chi connectivity index (χ3v) is 3.60. The van der Waals surface area contributed by atoms with Crippen molar-refractivity contribution in [1.29, 1.82) is 0 Å². The fraction of sp³-hybridized carbons (Fsp3) is 0.286. The highest BCUT2D eigenvalue weighted by molar-refractivity contribution is 9.10. The molecule has 0 saturated heterocycles. The van der Waals surface area contributed by atoms with Crippen molar-refractivity contribution in [3.05, 3.63) is 34.4 Å². The molecule has 0 spiro atoms. The van der Waals surface area contributed by atoms with Crippen molar-refractivity contribution in [1.82, 2.24) is 4.57 Å². The monoisotopic (exact) mass is 377 g/mol. The molecule has 0 atom stereocenters. The molecule has 0 unspecified atom stereocenters. The molecule has 2 rings (SSSR count). The molecule has 2 aromatic rings. The molecule has 118 valence electrons. The maximum atomic E-state index is 13.1. The molecule has 8 heteroatoms. The van der Waals surface area contributed by atoms with Gasteiger partial charge < -0.3 is 9.67 Å². The van der Waals surface area contributed by atoms with E-state index in [-0.39, 0.29) is 11.9 Å². The molecule has 1 heterocycles. The number of nitrogens with zero attached hydrogens (tertiary/aromatic N) is 1. The number of fused-ring (bicyclic) bond motifs is 1. The van der Waals surface area contributed by atoms with Crippen LogP contribution < -0.4 is 0 Å². The van der Waals surface area contributed by atoms with E-state index in [0.29, 0.717) is 9.86 Å². The Kier molecular flexibility index (Phi) is 4.60. The van der Waals surface area contributed by atoms with Crippen LogP contribution in [0.2, 0.25) is 0 Å². The number of carboxylic acid groups (broad SMARTS) is 1.